The number of hydrogen-bond acceptors (Lipinski definition) is 15. The second-order valence-corrected chi connectivity index (χ2v) is 36.3. The van der Waals surface area contributed by atoms with Crippen LogP contribution in [-0.4, -0.2) is 157 Å². The van der Waals surface area contributed by atoms with Crippen molar-refractivity contribution in [2.45, 2.75) is 229 Å². The Labute approximate surface area is 697 Å². The summed E-state index contributed by atoms with van der Waals surface area (Å²) in [6.07, 6.45) is 17.5. The first-order chi connectivity index (χ1) is 56.7. The average molecular weight is 1610 g/mol. The number of nitrogens with zero attached hydrogens (tertiary/aromatic N) is 7. The molecule has 6 aromatic rings. The van der Waals surface area contributed by atoms with Crippen LogP contribution in [0, 0.1) is 59.2 Å². The third kappa shape index (κ3) is 17.7. The number of rotatable bonds is 22. The number of fused-ring (bicyclic) bond motifs is 12. The molecule has 0 aromatic heterocycles. The van der Waals surface area contributed by atoms with Crippen molar-refractivity contribution < 1.29 is 57.5 Å². The van der Waals surface area contributed by atoms with Crippen molar-refractivity contribution in [1.29, 1.82) is 0 Å². The lowest BCUT2D eigenvalue weighted by atomic mass is 9.89. The van der Waals surface area contributed by atoms with E-state index in [1.54, 1.807) is 14.0 Å². The average Bonchev–Trinajstić information content (AvgIpc) is 1.40. The maximum Gasteiger partial charge on any atom is 0.410 e. The van der Waals surface area contributed by atoms with E-state index in [0.29, 0.717) is 67.7 Å². The van der Waals surface area contributed by atoms with Gasteiger partial charge in [0.05, 0.1) is 43.2 Å². The van der Waals surface area contributed by atoms with Crippen LogP contribution in [0.4, 0.5) is 21.0 Å². The van der Waals surface area contributed by atoms with E-state index in [2.05, 4.69) is 160 Å². The molecule has 16 rings (SSSR count). The Hall–Kier alpha value is -9.53. The molecule has 0 bridgehead atoms. The molecule has 3 saturated heterocycles. The van der Waals surface area contributed by atoms with Gasteiger partial charge in [0.1, 0.15) is 36.4 Å². The van der Waals surface area contributed by atoms with Crippen LogP contribution in [-0.2, 0) is 59.4 Å². The molecule has 2 N–H and O–H groups in total. The molecule has 0 spiro atoms. The summed E-state index contributed by atoms with van der Waals surface area (Å²) in [7, 11) is 4.76. The molecule has 6 aromatic carbocycles. The van der Waals surface area contributed by atoms with Gasteiger partial charge in [0, 0.05) is 130 Å². The number of carbonyl (C=O) groups is 5. The Balaban J connectivity index is 0.000000170. The summed E-state index contributed by atoms with van der Waals surface area (Å²) >= 11 is 0. The molecular formula is C98H124N8O12. The standard InChI is InChI=1S/C49H62N4O4.C41H47N3O4.C8H15NO4/c1-9-28(4)30(6)48(54)52-24-32(11-3)16-45(52)43-20-36(23-50-43)34-12-14-38-37(18-34)27-57-47-22-39-35(19-41(38)47)13-15-42-40(39)21-44(51-42)46-17-33(26-56-8)25-53(46)49(55)31(7)29(5)10-2;1-6-24-14-38(44(21-24)40(45)48-41(2,3)4)37-17-29(20-42-37)26-9-11-31-30(15-26)23-47-39-19-32-27(16-34(31)39)10-12-35-33(32)18-36(43-35)28-8-7-25(13-28)22-46-5;1-4-5(2)6(7(10)11)9-8(12)13-3/h12-15,18-19,22-23,28-33,45-46H,9-11,16-17,20-21,24-27H2,1-8H3;9-12,15-16,19-20,24-25,28,38H,6-8,13-14,17-18,21-23H2,1-5H3;5-6H,4H2,1-3H3,(H,9,12)(H,10,11)/t28-,29-,30?,31-,32-,33-,45-,46-;24-,25+,28-,38-;5-,6-/m000/s1. The molecule has 1 aliphatic carbocycles. The van der Waals surface area contributed by atoms with Crippen LogP contribution in [0.1, 0.15) is 207 Å². The number of hydrogen-bond donors (Lipinski definition) is 2. The van der Waals surface area contributed by atoms with Crippen molar-refractivity contribution in [1.82, 2.24) is 20.0 Å². The van der Waals surface area contributed by atoms with Crippen LogP contribution in [0.2, 0.25) is 0 Å². The topological polar surface area (TPSA) is 232 Å². The fourth-order valence-electron chi connectivity index (χ4n) is 19.6. The van der Waals surface area contributed by atoms with Crippen molar-refractivity contribution >= 4 is 96.9 Å². The van der Waals surface area contributed by atoms with E-state index in [0.717, 1.165) is 154 Å². The molecule has 1 saturated carbocycles. The molecule has 9 heterocycles. The zero-order chi connectivity index (χ0) is 83.7. The number of alkyl carbamates (subject to hydrolysis) is 1. The Morgan fingerprint density at radius 3 is 1.47 bits per heavy atom. The molecule has 9 aliphatic heterocycles. The summed E-state index contributed by atoms with van der Waals surface area (Å²) in [6.45, 7) is 31.5. The van der Waals surface area contributed by atoms with Crippen LogP contribution in [0.15, 0.2) is 117 Å². The minimum absolute atomic E-state index is 0.0100. The van der Waals surface area contributed by atoms with E-state index in [1.807, 2.05) is 52.1 Å². The molecule has 20 heteroatoms. The van der Waals surface area contributed by atoms with Gasteiger partial charge in [-0.3, -0.25) is 34.5 Å². The third-order valence-corrected chi connectivity index (χ3v) is 27.7. The minimum atomic E-state index is -1.04. The fourth-order valence-corrected chi connectivity index (χ4v) is 19.6. The number of carbonyl (C=O) groups excluding carboxylic acids is 4. The van der Waals surface area contributed by atoms with Gasteiger partial charge in [-0.15, -0.1) is 0 Å². The van der Waals surface area contributed by atoms with Gasteiger partial charge in [-0.2, -0.15) is 0 Å². The summed E-state index contributed by atoms with van der Waals surface area (Å²) in [5, 5.41) is 15.8. The second kappa shape index (κ2) is 36.2. The first-order valence-corrected chi connectivity index (χ1v) is 43.8. The summed E-state index contributed by atoms with van der Waals surface area (Å²) in [6, 6.07) is 30.5. The SMILES string of the molecule is CC[C@H](C)[C@H](NC(=O)OC)C(=O)O.CC[C@H]1C[C@@H](C2=NC=C(c3ccc4c(c3)COc3cc5c6c(ccc5cc3-4)N=C([C@@H]3C[C@H](COC)CN3C(=O)[C@@H](C)[C@@H](C)CC)C6)C2)N(C(=O)C(C)[C@@H](C)CC)C1.CC[C@H]1C[C@@H](C2=NC=C(c3ccc4c(c3)COc3cc5c6c(ccc5cc3-4)N=C([C@H]3CC[C@@H](COC)C3)C6)C2)N(C(=O)OC(C)(C)C)C1. The van der Waals surface area contributed by atoms with E-state index in [9.17, 15) is 24.0 Å². The van der Waals surface area contributed by atoms with Gasteiger partial charge in [-0.25, -0.2) is 14.4 Å². The molecule has 628 valence electrons. The van der Waals surface area contributed by atoms with Gasteiger partial charge in [0.25, 0.3) is 0 Å². The van der Waals surface area contributed by atoms with E-state index in [4.69, 9.17) is 48.8 Å². The van der Waals surface area contributed by atoms with Crippen LogP contribution in [0.5, 0.6) is 11.5 Å². The number of aliphatic carboxylic acids is 1. The summed E-state index contributed by atoms with van der Waals surface area (Å²) in [5.41, 5.74) is 20.6. The van der Waals surface area contributed by atoms with Crippen molar-refractivity contribution in [2.75, 3.05) is 54.2 Å². The number of aliphatic imine (C=N–C) groups is 4. The third-order valence-electron chi connectivity index (χ3n) is 27.7. The molecule has 14 atom stereocenters. The van der Waals surface area contributed by atoms with Crippen LogP contribution in [0.25, 0.3) is 54.9 Å². The number of carboxylic acids is 1. The molecule has 118 heavy (non-hydrogen) atoms. The van der Waals surface area contributed by atoms with Gasteiger partial charge in [-0.1, -0.05) is 138 Å². The number of allylic oxidation sites excluding steroid dienone is 2. The van der Waals surface area contributed by atoms with Crippen LogP contribution < -0.4 is 14.8 Å². The number of methoxy groups -OCH3 is 3. The van der Waals surface area contributed by atoms with Crippen LogP contribution in [0.3, 0.4) is 0 Å². The normalized spacial score (nSPS) is 23.4. The molecule has 0 radical (unpaired) electrons. The Morgan fingerprint density at radius 1 is 0.525 bits per heavy atom. The molecule has 20 nitrogen and oxygen atoms in total. The maximum absolute atomic E-state index is 13.9. The monoisotopic (exact) mass is 1600 g/mol. The molecule has 4 fully saturated rings. The number of likely N-dealkylation sites (tertiary alicyclic amines) is 3. The first kappa shape index (κ1) is 84.9. The summed E-state index contributed by atoms with van der Waals surface area (Å²) < 4.78 is 34.1. The predicted molar refractivity (Wildman–Crippen MR) is 470 cm³/mol. The van der Waals surface area contributed by atoms with Gasteiger partial charge in [0.15, 0.2) is 0 Å². The lowest BCUT2D eigenvalue weighted by Crippen LogP contribution is -2.44. The quantitative estimate of drug-likeness (QED) is 0.0646. The van der Waals surface area contributed by atoms with Gasteiger partial charge in [0.2, 0.25) is 11.8 Å². The van der Waals surface area contributed by atoms with E-state index < -0.39 is 23.7 Å². The second-order valence-electron chi connectivity index (χ2n) is 36.3. The van der Waals surface area contributed by atoms with Crippen molar-refractivity contribution in [3.63, 3.8) is 0 Å². The highest BCUT2D eigenvalue weighted by Crippen LogP contribution is 2.49. The zero-order valence-corrected chi connectivity index (χ0v) is 72.4. The Bertz CT molecular complexity index is 5030. The van der Waals surface area contributed by atoms with E-state index in [1.165, 1.54) is 104 Å². The zero-order valence-electron chi connectivity index (χ0n) is 72.4. The van der Waals surface area contributed by atoms with Crippen molar-refractivity contribution in [3.8, 4) is 33.8 Å². The molecule has 1 unspecified atom stereocenters. The molecular weight excluding hydrogens is 1480 g/mol. The number of amides is 4. The minimum Gasteiger partial charge on any atom is -0.488 e. The van der Waals surface area contributed by atoms with E-state index in [-0.39, 0.29) is 53.8 Å². The number of carboxylic acid groups (broad SMARTS) is 1. The number of ether oxygens (including phenoxy) is 6. The smallest absolute Gasteiger partial charge is 0.410 e. The van der Waals surface area contributed by atoms with E-state index >= 15 is 0 Å². The highest BCUT2D eigenvalue weighted by Gasteiger charge is 2.45. The van der Waals surface area contributed by atoms with Crippen LogP contribution >= 0.6 is 0 Å². The summed E-state index contributed by atoms with van der Waals surface area (Å²) in [5.74, 6) is 4.42. The molecule has 10 aliphatic rings. The highest BCUT2D eigenvalue weighted by atomic mass is 16.6. The van der Waals surface area contributed by atoms with Gasteiger partial charge in [-0.05, 0) is 226 Å². The van der Waals surface area contributed by atoms with Gasteiger partial charge >= 0.3 is 18.2 Å². The fraction of sp³-hybridized carbons (Fsp3) is 0.541. The lowest BCUT2D eigenvalue weighted by Gasteiger charge is -2.30. The number of benzene rings is 6. The first-order valence-electron chi connectivity index (χ1n) is 43.8. The van der Waals surface area contributed by atoms with Crippen molar-refractivity contribution in [3.05, 3.63) is 131 Å². The predicted octanol–water partition coefficient (Wildman–Crippen LogP) is 20.2. The number of nitrogens with one attached hydrogen (secondary N) is 1. The summed E-state index contributed by atoms with van der Waals surface area (Å²) in [4.78, 5) is 88.6. The maximum atomic E-state index is 13.9. The van der Waals surface area contributed by atoms with Gasteiger partial charge < -0.3 is 48.6 Å². The molecule has 4 amide bonds. The largest absolute Gasteiger partial charge is 0.488 e. The van der Waals surface area contributed by atoms with Crippen molar-refractivity contribution in [2.24, 2.45) is 79.1 Å². The highest BCUT2D eigenvalue weighted by molar-refractivity contribution is 6.09. The Kier molecular flexibility index (Phi) is 26.0. The lowest BCUT2D eigenvalue weighted by molar-refractivity contribution is -0.141. The Morgan fingerprint density at radius 2 is 0.992 bits per heavy atom.